The Morgan fingerprint density at radius 2 is 0.578 bits per heavy atom. The molecule has 0 fully saturated rings. The topological polar surface area (TPSA) is 243 Å². The van der Waals surface area contributed by atoms with E-state index in [0.29, 0.717) is 16.7 Å². The van der Waals surface area contributed by atoms with Crippen molar-refractivity contribution >= 4 is 0 Å². The Balaban J connectivity index is 1.46. The molecule has 0 amide bonds. The first kappa shape index (κ1) is 41.0. The number of allylic oxidation sites excluding steroid dienone is 3. The lowest BCUT2D eigenvalue weighted by Crippen LogP contribution is -2.17. The van der Waals surface area contributed by atoms with Crippen molar-refractivity contribution < 1.29 is 61.3 Å². The number of aliphatic hydroxyl groups excluding tert-OH is 1. The lowest BCUT2D eigenvalue weighted by molar-refractivity contribution is 0.406. The molecular formula is C52H42O12. The van der Waals surface area contributed by atoms with Crippen LogP contribution in [0.3, 0.4) is 0 Å². The molecule has 3 atom stereocenters. The van der Waals surface area contributed by atoms with Crippen molar-refractivity contribution in [1.29, 1.82) is 0 Å². The first-order valence-electron chi connectivity index (χ1n) is 20.3. The highest BCUT2D eigenvalue weighted by molar-refractivity contribution is 5.66. The van der Waals surface area contributed by atoms with Gasteiger partial charge < -0.3 is 61.3 Å². The van der Waals surface area contributed by atoms with E-state index in [2.05, 4.69) is 0 Å². The lowest BCUT2D eigenvalue weighted by Gasteiger charge is -2.32. The van der Waals surface area contributed by atoms with Crippen molar-refractivity contribution in [2.24, 2.45) is 5.92 Å². The molecule has 7 aromatic carbocycles. The highest BCUT2D eigenvalue weighted by Gasteiger charge is 2.36. The molecule has 2 aliphatic carbocycles. The Kier molecular flexibility index (Phi) is 10.1. The molecule has 0 aliphatic heterocycles. The Morgan fingerprint density at radius 1 is 0.312 bits per heavy atom. The third-order valence-electron chi connectivity index (χ3n) is 12.5. The zero-order valence-corrected chi connectivity index (χ0v) is 33.7. The van der Waals surface area contributed by atoms with E-state index in [1.165, 1.54) is 66.7 Å². The molecule has 0 spiro atoms. The Morgan fingerprint density at radius 3 is 0.844 bits per heavy atom. The van der Waals surface area contributed by atoms with Crippen LogP contribution in [-0.4, -0.2) is 61.3 Å². The third-order valence-corrected chi connectivity index (χ3v) is 12.5. The van der Waals surface area contributed by atoms with Gasteiger partial charge in [-0.2, -0.15) is 0 Å². The van der Waals surface area contributed by atoms with Gasteiger partial charge in [0.05, 0.1) is 0 Å². The van der Waals surface area contributed by atoms with E-state index in [1.54, 1.807) is 48.6 Å². The molecule has 0 saturated heterocycles. The Hall–Kier alpha value is -8.38. The van der Waals surface area contributed by atoms with Gasteiger partial charge in [0, 0.05) is 92.4 Å². The summed E-state index contributed by atoms with van der Waals surface area (Å²) in [4.78, 5) is 0. The van der Waals surface area contributed by atoms with Crippen LogP contribution in [0.2, 0.25) is 0 Å². The standard InChI is InChI=1S/C52H42O12/c53-29-9-1-25(2-10-29)49-33-17-35(43(59)21-41(33)57)50(26-3-11-30(54)12-4-26)37-19-39(47(63)23-45(37)61)52(28-7-15-32(56)16-8-28)40-20-38(46(62)24-48(40)64)51(27-5-13-31(55)14-6-27)36-18-34(49)42(58)22-44(36)60/h1-7,9-24,28,49-64H,8H2. The van der Waals surface area contributed by atoms with Gasteiger partial charge in [-0.3, -0.25) is 0 Å². The summed E-state index contributed by atoms with van der Waals surface area (Å²) in [6.07, 6.45) is 4.99. The summed E-state index contributed by atoms with van der Waals surface area (Å²) in [5.74, 6) is -8.24. The number of hydrogen-bond acceptors (Lipinski definition) is 12. The van der Waals surface area contributed by atoms with Gasteiger partial charge in [-0.05, 0) is 102 Å². The average Bonchev–Trinajstić information content (AvgIpc) is 3.25. The summed E-state index contributed by atoms with van der Waals surface area (Å²) in [7, 11) is 0. The number of phenols is 11. The quantitative estimate of drug-likeness (QED) is 0.0792. The van der Waals surface area contributed by atoms with Crippen LogP contribution in [0.5, 0.6) is 63.2 Å². The number of fused-ring (bicyclic) bond motifs is 8. The van der Waals surface area contributed by atoms with Crippen LogP contribution >= 0.6 is 0 Å². The van der Waals surface area contributed by atoms with Gasteiger partial charge in [0.15, 0.2) is 0 Å². The monoisotopic (exact) mass is 858 g/mol. The molecule has 322 valence electrons. The first-order chi connectivity index (χ1) is 30.7. The fourth-order valence-electron chi connectivity index (χ4n) is 9.41. The number of aliphatic hydroxyl groups is 1. The number of hydrogen-bond donors (Lipinski definition) is 12. The van der Waals surface area contributed by atoms with Gasteiger partial charge in [0.1, 0.15) is 69.0 Å². The van der Waals surface area contributed by atoms with Crippen LogP contribution < -0.4 is 0 Å². The highest BCUT2D eigenvalue weighted by atomic mass is 16.3. The molecule has 9 rings (SSSR count). The number of benzene rings is 7. The van der Waals surface area contributed by atoms with E-state index in [9.17, 15) is 61.3 Å². The van der Waals surface area contributed by atoms with Gasteiger partial charge in [0.25, 0.3) is 0 Å². The second-order valence-electron chi connectivity index (χ2n) is 16.3. The van der Waals surface area contributed by atoms with Gasteiger partial charge in [-0.1, -0.05) is 42.5 Å². The predicted octanol–water partition coefficient (Wildman–Crippen LogP) is 9.45. The van der Waals surface area contributed by atoms with Gasteiger partial charge in [0.2, 0.25) is 0 Å². The predicted molar refractivity (Wildman–Crippen MR) is 236 cm³/mol. The normalized spacial score (nSPS) is 19.2. The van der Waals surface area contributed by atoms with Crippen molar-refractivity contribution in [3.63, 3.8) is 0 Å². The van der Waals surface area contributed by atoms with Crippen LogP contribution in [0.4, 0.5) is 0 Å². The molecule has 2 aliphatic rings. The van der Waals surface area contributed by atoms with Crippen molar-refractivity contribution in [3.05, 3.63) is 207 Å². The van der Waals surface area contributed by atoms with Gasteiger partial charge in [-0.15, -0.1) is 0 Å². The van der Waals surface area contributed by atoms with E-state index in [-0.39, 0.29) is 85.4 Å². The van der Waals surface area contributed by atoms with Crippen LogP contribution in [0.15, 0.2) is 145 Å². The fourth-order valence-corrected chi connectivity index (χ4v) is 9.41. The first-order valence-corrected chi connectivity index (χ1v) is 20.3. The summed E-state index contributed by atoms with van der Waals surface area (Å²) in [5, 5.41) is 137. The maximum Gasteiger partial charge on any atom is 0.123 e. The maximum absolute atomic E-state index is 11.9. The van der Waals surface area contributed by atoms with E-state index >= 15 is 0 Å². The molecule has 0 radical (unpaired) electrons. The molecule has 12 nitrogen and oxygen atoms in total. The van der Waals surface area contributed by atoms with E-state index < -0.39 is 64.1 Å². The number of aromatic hydroxyl groups is 11. The molecule has 0 aromatic heterocycles. The van der Waals surface area contributed by atoms with Crippen LogP contribution in [-0.2, 0) is 0 Å². The van der Waals surface area contributed by atoms with E-state index in [4.69, 9.17) is 0 Å². The Bertz CT molecular complexity index is 2840. The van der Waals surface area contributed by atoms with Crippen LogP contribution in [0.1, 0.15) is 91.3 Å². The summed E-state index contributed by atoms with van der Waals surface area (Å²) < 4.78 is 0. The molecular weight excluding hydrogens is 817 g/mol. The highest BCUT2D eigenvalue weighted by Crippen LogP contribution is 2.54. The minimum absolute atomic E-state index is 0.00157. The molecule has 3 unspecified atom stereocenters. The lowest BCUT2D eigenvalue weighted by atomic mass is 9.73. The Labute approximate surface area is 366 Å². The van der Waals surface area contributed by atoms with Crippen LogP contribution in [0, 0.1) is 5.92 Å². The zero-order chi connectivity index (χ0) is 45.1. The summed E-state index contributed by atoms with van der Waals surface area (Å²) >= 11 is 0. The minimum atomic E-state index is -1.10. The molecule has 7 aromatic rings. The largest absolute Gasteiger partial charge is 0.508 e. The molecule has 12 N–H and O–H groups in total. The molecule has 8 bridgehead atoms. The van der Waals surface area contributed by atoms with Crippen molar-refractivity contribution in [3.8, 4) is 63.2 Å². The number of rotatable bonds is 4. The summed E-state index contributed by atoms with van der Waals surface area (Å²) in [6.45, 7) is 0. The average molecular weight is 859 g/mol. The smallest absolute Gasteiger partial charge is 0.123 e. The van der Waals surface area contributed by atoms with Crippen LogP contribution in [0.25, 0.3) is 0 Å². The molecule has 0 heterocycles. The van der Waals surface area contributed by atoms with Gasteiger partial charge in [-0.25, -0.2) is 0 Å². The van der Waals surface area contributed by atoms with Crippen molar-refractivity contribution in [2.45, 2.75) is 30.1 Å². The fraction of sp³-hybridized carbons (Fsp3) is 0.115. The van der Waals surface area contributed by atoms with E-state index in [0.717, 1.165) is 24.3 Å². The third kappa shape index (κ3) is 7.20. The second kappa shape index (κ2) is 15.8. The molecule has 12 heteroatoms. The SMILES string of the molecule is OC1=CCC(C2c3cc(c(O)cc3O)C(c3ccc(O)cc3)c3cc(c(O)cc3O)C(c3ccc(O)cc3)c3cc(c(O)cc3O)C(c3ccc(O)cc3)c3cc2c(O)cc3O)C=C1. The summed E-state index contributed by atoms with van der Waals surface area (Å²) in [6, 6.07) is 28.7. The van der Waals surface area contributed by atoms with Crippen molar-refractivity contribution in [2.75, 3.05) is 0 Å². The van der Waals surface area contributed by atoms with E-state index in [1.807, 2.05) is 0 Å². The molecule has 64 heavy (non-hydrogen) atoms. The summed E-state index contributed by atoms with van der Waals surface area (Å²) in [5.41, 5.74) is 2.55. The zero-order valence-electron chi connectivity index (χ0n) is 33.7. The minimum Gasteiger partial charge on any atom is -0.508 e. The number of phenolic OH excluding ortho intramolecular Hbond substituents is 11. The second-order valence-corrected chi connectivity index (χ2v) is 16.3. The molecule has 0 saturated carbocycles. The van der Waals surface area contributed by atoms with Crippen molar-refractivity contribution in [1.82, 2.24) is 0 Å². The maximum atomic E-state index is 11.9. The van der Waals surface area contributed by atoms with Gasteiger partial charge >= 0.3 is 0 Å².